The fourth-order valence-corrected chi connectivity index (χ4v) is 5.72. The highest BCUT2D eigenvalue weighted by Crippen LogP contribution is 2.40. The zero-order valence-electron chi connectivity index (χ0n) is 17.0. The number of aromatic nitrogens is 2. The molecule has 0 aliphatic heterocycles. The van der Waals surface area contributed by atoms with Crippen molar-refractivity contribution in [1.29, 1.82) is 0 Å². The number of carbonyl (C=O) groups is 2. The molecule has 1 atom stereocenters. The van der Waals surface area contributed by atoms with Crippen molar-refractivity contribution >= 4 is 40.0 Å². The molecule has 0 saturated carbocycles. The predicted octanol–water partition coefficient (Wildman–Crippen LogP) is 2.73. The largest absolute Gasteiger partial charge is 0.538 e. The molecule has 0 fully saturated rings. The van der Waals surface area contributed by atoms with Crippen molar-refractivity contribution < 1.29 is 28.6 Å². The highest BCUT2D eigenvalue weighted by atomic mass is 32.2. The monoisotopic (exact) mass is 459 g/mol. The summed E-state index contributed by atoms with van der Waals surface area (Å²) < 4.78 is 11.1. The molecule has 0 radical (unpaired) electrons. The van der Waals surface area contributed by atoms with Gasteiger partial charge in [0, 0.05) is 17.0 Å². The molecule has 0 bridgehead atoms. The molecule has 8 nitrogen and oxygen atoms in total. The van der Waals surface area contributed by atoms with Crippen LogP contribution in [0.3, 0.4) is 0 Å². The van der Waals surface area contributed by atoms with Gasteiger partial charge in [0.15, 0.2) is 5.95 Å². The van der Waals surface area contributed by atoms with E-state index in [1.54, 1.807) is 12.1 Å². The van der Waals surface area contributed by atoms with Gasteiger partial charge in [-0.2, -0.15) is 0 Å². The lowest BCUT2D eigenvalue weighted by Gasteiger charge is -2.18. The Morgan fingerprint density at radius 3 is 2.90 bits per heavy atom. The number of carbonyl (C=O) groups excluding carboxylic acids is 2. The van der Waals surface area contributed by atoms with Crippen LogP contribution in [0.15, 0.2) is 39.9 Å². The first-order valence-corrected chi connectivity index (χ1v) is 11.6. The minimum Gasteiger partial charge on any atom is -0.538 e. The Balaban J connectivity index is 1.51. The summed E-state index contributed by atoms with van der Waals surface area (Å²) in [6.07, 6.45) is 2.67. The lowest BCUT2D eigenvalue weighted by molar-refractivity contribution is -0.705. The molecule has 31 heavy (non-hydrogen) atoms. The van der Waals surface area contributed by atoms with Gasteiger partial charge in [0.1, 0.15) is 5.00 Å². The van der Waals surface area contributed by atoms with Crippen molar-refractivity contribution in [3.05, 3.63) is 46.3 Å². The Morgan fingerprint density at radius 1 is 1.39 bits per heavy atom. The maximum atomic E-state index is 12.7. The van der Waals surface area contributed by atoms with Crippen LogP contribution in [0.2, 0.25) is 0 Å². The average molecular weight is 460 g/mol. The summed E-state index contributed by atoms with van der Waals surface area (Å²) in [5.74, 6) is -0.895. The third-order valence-corrected chi connectivity index (χ3v) is 7.26. The number of anilines is 1. The molecule has 1 aromatic carbocycles. The number of thioether (sulfide) groups is 1. The second kappa shape index (κ2) is 9.11. The summed E-state index contributed by atoms with van der Waals surface area (Å²) in [4.78, 5) is 26.2. The zero-order chi connectivity index (χ0) is 22.0. The molecular weight excluding hydrogens is 438 g/mol. The van der Waals surface area contributed by atoms with Gasteiger partial charge in [-0.15, -0.1) is 11.3 Å². The number of para-hydroxylation sites is 1. The van der Waals surface area contributed by atoms with Gasteiger partial charge in [-0.1, -0.05) is 25.1 Å². The standard InChI is InChI=1S/C21H21N3O5S2/c1-12-8-9-14-15(10-12)31-18(17(14)20(26)28-2)22-16(25)11-30-19-21(27)29-23-24(19)13-6-4-3-5-7-13/h3-7,12H,8-11H2,1-2H3,(H-,22,23,25,26,27). The van der Waals surface area contributed by atoms with Crippen LogP contribution in [0.4, 0.5) is 5.00 Å². The summed E-state index contributed by atoms with van der Waals surface area (Å²) >= 11 is 2.45. The molecule has 0 spiro atoms. The molecule has 0 saturated heterocycles. The van der Waals surface area contributed by atoms with Crippen LogP contribution in [0.1, 0.15) is 34.1 Å². The number of rotatable bonds is 6. The van der Waals surface area contributed by atoms with Gasteiger partial charge in [-0.3, -0.25) is 4.79 Å². The van der Waals surface area contributed by atoms with Crippen molar-refractivity contribution in [3.8, 4) is 11.6 Å². The van der Waals surface area contributed by atoms with Gasteiger partial charge in [-0.25, -0.2) is 4.79 Å². The number of ether oxygens (including phenoxy) is 1. The van der Waals surface area contributed by atoms with Crippen LogP contribution in [-0.2, 0) is 22.4 Å². The quantitative estimate of drug-likeness (QED) is 0.343. The second-order valence-electron chi connectivity index (χ2n) is 7.30. The Kier molecular flexibility index (Phi) is 6.28. The van der Waals surface area contributed by atoms with E-state index < -0.39 is 11.9 Å². The smallest absolute Gasteiger partial charge is 0.341 e. The molecule has 1 aliphatic rings. The summed E-state index contributed by atoms with van der Waals surface area (Å²) in [6.45, 7) is 2.18. The number of hydrogen-bond donors (Lipinski definition) is 1. The lowest BCUT2D eigenvalue weighted by atomic mass is 9.88. The summed E-state index contributed by atoms with van der Waals surface area (Å²) in [5, 5.41) is 19.4. The number of fused-ring (bicyclic) bond motifs is 1. The topological polar surface area (TPSA) is 108 Å². The SMILES string of the molecule is COC(=O)c1c(NC(=O)CSc2c([O-])on[n+]2-c2ccccc2)sc2c1CCC(C)C2. The lowest BCUT2D eigenvalue weighted by Crippen LogP contribution is -2.35. The van der Waals surface area contributed by atoms with Crippen LogP contribution >= 0.6 is 23.1 Å². The molecule has 1 unspecified atom stereocenters. The van der Waals surface area contributed by atoms with Gasteiger partial charge in [0.2, 0.25) is 11.6 Å². The van der Waals surface area contributed by atoms with Gasteiger partial charge < -0.3 is 19.7 Å². The van der Waals surface area contributed by atoms with E-state index in [1.165, 1.54) is 23.1 Å². The fourth-order valence-electron chi connectivity index (χ4n) is 3.55. The first-order valence-electron chi connectivity index (χ1n) is 9.77. The molecule has 10 heteroatoms. The number of amides is 1. The molecule has 162 valence electrons. The molecule has 1 N–H and O–H groups in total. The van der Waals surface area contributed by atoms with Gasteiger partial charge in [0.05, 0.1) is 23.7 Å². The molecular formula is C21H21N3O5S2. The normalized spacial score (nSPS) is 15.4. The Bertz CT molecular complexity index is 1110. The highest BCUT2D eigenvalue weighted by molar-refractivity contribution is 7.99. The number of esters is 1. The van der Waals surface area contributed by atoms with Crippen LogP contribution in [-0.4, -0.2) is 30.0 Å². The number of hydrogen-bond acceptors (Lipinski definition) is 8. The minimum absolute atomic E-state index is 0.0388. The first-order chi connectivity index (χ1) is 15.0. The summed E-state index contributed by atoms with van der Waals surface area (Å²) in [6, 6.07) is 9.05. The van der Waals surface area contributed by atoms with Crippen molar-refractivity contribution in [2.24, 2.45) is 5.92 Å². The van der Waals surface area contributed by atoms with Crippen LogP contribution in [0, 0.1) is 5.92 Å². The number of benzene rings is 1. The van der Waals surface area contributed by atoms with E-state index in [0.717, 1.165) is 41.5 Å². The van der Waals surface area contributed by atoms with E-state index in [0.29, 0.717) is 22.2 Å². The Hall–Kier alpha value is -2.85. The fraction of sp³-hybridized carbons (Fsp3) is 0.333. The number of methoxy groups -OCH3 is 1. The molecule has 3 aromatic rings. The van der Waals surface area contributed by atoms with E-state index in [4.69, 9.17) is 9.26 Å². The molecule has 2 aromatic heterocycles. The highest BCUT2D eigenvalue weighted by Gasteiger charge is 2.29. The number of nitrogens with one attached hydrogen (secondary N) is 1. The maximum Gasteiger partial charge on any atom is 0.341 e. The van der Waals surface area contributed by atoms with Crippen molar-refractivity contribution in [3.63, 3.8) is 0 Å². The number of thiophene rings is 1. The Labute approximate surface area is 187 Å². The first kappa shape index (κ1) is 21.4. The predicted molar refractivity (Wildman–Crippen MR) is 114 cm³/mol. The molecule has 2 heterocycles. The van der Waals surface area contributed by atoms with Gasteiger partial charge >= 0.3 is 5.97 Å². The van der Waals surface area contributed by atoms with Crippen molar-refractivity contribution in [1.82, 2.24) is 5.27 Å². The third-order valence-electron chi connectivity index (χ3n) is 5.07. The van der Waals surface area contributed by atoms with E-state index in [9.17, 15) is 14.7 Å². The number of nitrogens with zero attached hydrogens (tertiary/aromatic N) is 2. The van der Waals surface area contributed by atoms with Gasteiger partial charge in [-0.05, 0) is 47.2 Å². The van der Waals surface area contributed by atoms with Crippen molar-refractivity contribution in [2.75, 3.05) is 18.2 Å². The van der Waals surface area contributed by atoms with E-state index in [2.05, 4.69) is 17.5 Å². The van der Waals surface area contributed by atoms with Crippen molar-refractivity contribution in [2.45, 2.75) is 31.2 Å². The maximum absolute atomic E-state index is 12.7. The summed E-state index contributed by atoms with van der Waals surface area (Å²) in [7, 11) is 1.34. The van der Waals surface area contributed by atoms with E-state index >= 15 is 0 Å². The average Bonchev–Trinajstić information content (AvgIpc) is 3.31. The molecule has 4 rings (SSSR count). The van der Waals surface area contributed by atoms with Gasteiger partial charge in [0.25, 0.3) is 5.03 Å². The van der Waals surface area contributed by atoms with Crippen LogP contribution < -0.4 is 15.1 Å². The minimum atomic E-state index is -0.613. The second-order valence-corrected chi connectivity index (χ2v) is 9.37. The summed E-state index contributed by atoms with van der Waals surface area (Å²) in [5.41, 5.74) is 2.08. The van der Waals surface area contributed by atoms with E-state index in [-0.39, 0.29) is 16.7 Å². The zero-order valence-corrected chi connectivity index (χ0v) is 18.7. The molecule has 1 amide bonds. The van der Waals surface area contributed by atoms with E-state index in [1.807, 2.05) is 18.2 Å². The molecule has 1 aliphatic carbocycles. The Morgan fingerprint density at radius 2 is 2.16 bits per heavy atom. The van der Waals surface area contributed by atoms with Crippen LogP contribution in [0.5, 0.6) is 5.95 Å². The third kappa shape index (κ3) is 4.45. The van der Waals surface area contributed by atoms with Crippen LogP contribution in [0.25, 0.3) is 5.69 Å².